The average Bonchev–Trinajstić information content (AvgIpc) is 3.45. The van der Waals surface area contributed by atoms with Gasteiger partial charge in [0.25, 0.3) is 0 Å². The van der Waals surface area contributed by atoms with Crippen LogP contribution >= 0.6 is 12.2 Å². The highest BCUT2D eigenvalue weighted by Gasteiger charge is 2.29. The van der Waals surface area contributed by atoms with Crippen molar-refractivity contribution in [3.63, 3.8) is 0 Å². The number of carbonyl (C=O) groups excluding carboxylic acids is 1. The fourth-order valence-electron chi connectivity index (χ4n) is 2.42. The van der Waals surface area contributed by atoms with E-state index in [4.69, 9.17) is 12.2 Å². The van der Waals surface area contributed by atoms with E-state index in [0.717, 1.165) is 29.5 Å². The first-order valence-electron chi connectivity index (χ1n) is 7.84. The van der Waals surface area contributed by atoms with Crippen LogP contribution in [0.15, 0.2) is 48.5 Å². The van der Waals surface area contributed by atoms with Gasteiger partial charge in [0, 0.05) is 12.5 Å². The number of carbonyl (C=O) groups is 1. The van der Waals surface area contributed by atoms with Crippen LogP contribution in [0.2, 0.25) is 0 Å². The predicted molar refractivity (Wildman–Crippen MR) is 96.9 cm³/mol. The summed E-state index contributed by atoms with van der Waals surface area (Å²) in [6.45, 7) is 0.546. The van der Waals surface area contributed by atoms with E-state index in [2.05, 4.69) is 16.7 Å². The van der Waals surface area contributed by atoms with Gasteiger partial charge in [-0.25, -0.2) is 0 Å². The third kappa shape index (κ3) is 3.98. The van der Waals surface area contributed by atoms with Gasteiger partial charge in [0.05, 0.1) is 11.6 Å². The molecule has 1 fully saturated rings. The van der Waals surface area contributed by atoms with E-state index in [1.165, 1.54) is 0 Å². The number of nitrogens with one attached hydrogen (secondary N) is 2. The summed E-state index contributed by atoms with van der Waals surface area (Å²) in [4.78, 5) is 11.6. The van der Waals surface area contributed by atoms with E-state index in [1.54, 1.807) is 0 Å². The number of hydrogen-bond acceptors (Lipinski definition) is 3. The standard InChI is InChI=1S/C19H17N3OS/c20-11-16-3-1-2-4-17(16)14-7-5-13(6-8-14)12-21-19(24)22-18(23)15-9-10-15/h1-8,15H,9-10,12H2,(H2,21,22,23,24). The van der Waals surface area contributed by atoms with Gasteiger partial charge >= 0.3 is 0 Å². The van der Waals surface area contributed by atoms with Crippen LogP contribution in [-0.2, 0) is 11.3 Å². The Morgan fingerprint density at radius 3 is 2.54 bits per heavy atom. The van der Waals surface area contributed by atoms with Gasteiger partial charge in [-0.05, 0) is 47.8 Å². The van der Waals surface area contributed by atoms with Gasteiger partial charge < -0.3 is 10.6 Å². The Balaban J connectivity index is 1.59. The molecule has 1 aliphatic rings. The maximum atomic E-state index is 11.6. The summed E-state index contributed by atoms with van der Waals surface area (Å²) in [7, 11) is 0. The minimum atomic E-state index is 0.0101. The molecule has 2 N–H and O–H groups in total. The fraction of sp³-hybridized carbons (Fsp3) is 0.211. The minimum Gasteiger partial charge on any atom is -0.358 e. The number of benzene rings is 2. The molecule has 0 spiro atoms. The molecule has 0 heterocycles. The second kappa shape index (κ2) is 7.24. The van der Waals surface area contributed by atoms with Crippen molar-refractivity contribution in [1.29, 1.82) is 5.26 Å². The first-order valence-corrected chi connectivity index (χ1v) is 8.25. The number of amides is 1. The van der Waals surface area contributed by atoms with Crippen LogP contribution in [0, 0.1) is 17.2 Å². The van der Waals surface area contributed by atoms with Crippen molar-refractivity contribution in [2.75, 3.05) is 0 Å². The topological polar surface area (TPSA) is 64.9 Å². The highest BCUT2D eigenvalue weighted by molar-refractivity contribution is 7.80. The summed E-state index contributed by atoms with van der Waals surface area (Å²) >= 11 is 5.13. The van der Waals surface area contributed by atoms with Crippen LogP contribution in [0.3, 0.4) is 0 Å². The van der Waals surface area contributed by atoms with E-state index < -0.39 is 0 Å². The number of rotatable bonds is 4. The van der Waals surface area contributed by atoms with E-state index in [0.29, 0.717) is 17.2 Å². The molecule has 0 saturated heterocycles. The van der Waals surface area contributed by atoms with Crippen molar-refractivity contribution in [2.45, 2.75) is 19.4 Å². The molecule has 2 aromatic rings. The van der Waals surface area contributed by atoms with E-state index in [1.807, 2.05) is 48.5 Å². The van der Waals surface area contributed by atoms with Crippen LogP contribution in [0.25, 0.3) is 11.1 Å². The normalized spacial score (nSPS) is 13.0. The van der Waals surface area contributed by atoms with Crippen molar-refractivity contribution < 1.29 is 4.79 Å². The van der Waals surface area contributed by atoms with Gasteiger partial charge in [-0.3, -0.25) is 4.79 Å². The lowest BCUT2D eigenvalue weighted by Crippen LogP contribution is -2.39. The maximum Gasteiger partial charge on any atom is 0.229 e. The second-order valence-corrected chi connectivity index (χ2v) is 6.21. The molecule has 0 aromatic heterocycles. The Kier molecular flexibility index (Phi) is 4.88. The minimum absolute atomic E-state index is 0.0101. The van der Waals surface area contributed by atoms with Crippen LogP contribution in [0.1, 0.15) is 24.0 Å². The van der Waals surface area contributed by atoms with Gasteiger partial charge in [0.1, 0.15) is 0 Å². The molecule has 0 radical (unpaired) electrons. The number of nitrogens with zero attached hydrogens (tertiary/aromatic N) is 1. The maximum absolute atomic E-state index is 11.6. The summed E-state index contributed by atoms with van der Waals surface area (Å²) < 4.78 is 0. The lowest BCUT2D eigenvalue weighted by Gasteiger charge is -2.10. The number of hydrogen-bond donors (Lipinski definition) is 2. The molecule has 1 amide bonds. The van der Waals surface area contributed by atoms with Crippen molar-refractivity contribution >= 4 is 23.2 Å². The molecule has 0 bridgehead atoms. The van der Waals surface area contributed by atoms with Gasteiger partial charge in [-0.2, -0.15) is 5.26 Å². The van der Waals surface area contributed by atoms with E-state index >= 15 is 0 Å². The number of nitriles is 1. The lowest BCUT2D eigenvalue weighted by atomic mass is 9.99. The summed E-state index contributed by atoms with van der Waals surface area (Å²) in [5, 5.41) is 15.3. The smallest absolute Gasteiger partial charge is 0.229 e. The monoisotopic (exact) mass is 335 g/mol. The first kappa shape index (κ1) is 16.2. The highest BCUT2D eigenvalue weighted by atomic mass is 32.1. The second-order valence-electron chi connectivity index (χ2n) is 5.80. The Bertz CT molecular complexity index is 804. The molecule has 0 aliphatic heterocycles. The Hall–Kier alpha value is -2.71. The van der Waals surface area contributed by atoms with Gasteiger partial charge in [0.15, 0.2) is 5.11 Å². The average molecular weight is 335 g/mol. The first-order chi connectivity index (χ1) is 11.7. The van der Waals surface area contributed by atoms with Crippen molar-refractivity contribution in [1.82, 2.24) is 10.6 Å². The Morgan fingerprint density at radius 1 is 1.17 bits per heavy atom. The van der Waals surface area contributed by atoms with Gasteiger partial charge in [0.2, 0.25) is 5.91 Å². The number of thiocarbonyl (C=S) groups is 1. The third-order valence-corrected chi connectivity index (χ3v) is 4.20. The molecule has 3 rings (SSSR count). The summed E-state index contributed by atoms with van der Waals surface area (Å²) in [6, 6.07) is 17.7. The van der Waals surface area contributed by atoms with Crippen molar-refractivity contribution in [2.24, 2.45) is 5.92 Å². The van der Waals surface area contributed by atoms with Crippen LogP contribution in [-0.4, -0.2) is 11.0 Å². The third-order valence-electron chi connectivity index (χ3n) is 3.95. The molecule has 5 heteroatoms. The molecule has 120 valence electrons. The van der Waals surface area contributed by atoms with E-state index in [9.17, 15) is 10.1 Å². The van der Waals surface area contributed by atoms with Gasteiger partial charge in [-0.15, -0.1) is 0 Å². The molecular weight excluding hydrogens is 318 g/mol. The molecule has 24 heavy (non-hydrogen) atoms. The Morgan fingerprint density at radius 2 is 1.88 bits per heavy atom. The van der Waals surface area contributed by atoms with Crippen LogP contribution < -0.4 is 10.6 Å². The van der Waals surface area contributed by atoms with Gasteiger partial charge in [-0.1, -0.05) is 42.5 Å². The fourth-order valence-corrected chi connectivity index (χ4v) is 2.59. The summed E-state index contributed by atoms with van der Waals surface area (Å²) in [5.41, 5.74) is 3.63. The molecule has 0 atom stereocenters. The largest absolute Gasteiger partial charge is 0.358 e. The zero-order chi connectivity index (χ0) is 16.9. The lowest BCUT2D eigenvalue weighted by molar-refractivity contribution is -0.120. The predicted octanol–water partition coefficient (Wildman–Crippen LogP) is 3.13. The quantitative estimate of drug-likeness (QED) is 0.843. The van der Waals surface area contributed by atoms with E-state index in [-0.39, 0.29) is 11.8 Å². The summed E-state index contributed by atoms with van der Waals surface area (Å²) in [5.74, 6) is 0.153. The molecule has 1 saturated carbocycles. The summed E-state index contributed by atoms with van der Waals surface area (Å²) in [6.07, 6.45) is 1.92. The zero-order valence-corrected chi connectivity index (χ0v) is 13.9. The Labute approximate surface area is 146 Å². The molecular formula is C19H17N3OS. The highest BCUT2D eigenvalue weighted by Crippen LogP contribution is 2.28. The van der Waals surface area contributed by atoms with Crippen molar-refractivity contribution in [3.05, 3.63) is 59.7 Å². The molecule has 0 unspecified atom stereocenters. The van der Waals surface area contributed by atoms with Crippen molar-refractivity contribution in [3.8, 4) is 17.2 Å². The SMILES string of the molecule is N#Cc1ccccc1-c1ccc(CNC(=S)NC(=O)C2CC2)cc1. The van der Waals surface area contributed by atoms with Crippen LogP contribution in [0.5, 0.6) is 0 Å². The zero-order valence-electron chi connectivity index (χ0n) is 13.1. The molecule has 4 nitrogen and oxygen atoms in total. The van der Waals surface area contributed by atoms with Crippen LogP contribution in [0.4, 0.5) is 0 Å². The molecule has 2 aromatic carbocycles. The molecule has 1 aliphatic carbocycles.